The van der Waals surface area contributed by atoms with E-state index in [9.17, 15) is 22.4 Å². The van der Waals surface area contributed by atoms with Crippen LogP contribution < -0.4 is 15.2 Å². The van der Waals surface area contributed by atoms with Crippen LogP contribution in [0.15, 0.2) is 54.9 Å². The minimum absolute atomic E-state index is 0.0181. The molecule has 0 aliphatic carbocycles. The van der Waals surface area contributed by atoms with E-state index in [1.54, 1.807) is 11.8 Å². The number of nitrogens with zero attached hydrogens (tertiary/aromatic N) is 3. The van der Waals surface area contributed by atoms with Gasteiger partial charge in [0.2, 0.25) is 18.0 Å². The van der Waals surface area contributed by atoms with Crippen LogP contribution in [0.1, 0.15) is 13.3 Å². The molecule has 3 rings (SSSR count). The van der Waals surface area contributed by atoms with Gasteiger partial charge < -0.3 is 10.1 Å². The molecule has 2 unspecified atom stereocenters. The number of likely N-dealkylation sites (tertiary alicyclic amines) is 1. The van der Waals surface area contributed by atoms with Crippen LogP contribution in [0.2, 0.25) is 0 Å². The van der Waals surface area contributed by atoms with E-state index in [2.05, 4.69) is 31.9 Å². The normalized spacial score (nSPS) is 19.1. The molecule has 0 radical (unpaired) electrons. The second-order valence-electron chi connectivity index (χ2n) is 8.00. The van der Waals surface area contributed by atoms with Gasteiger partial charge in [-0.2, -0.15) is 0 Å². The molecule has 12 heteroatoms. The van der Waals surface area contributed by atoms with Crippen molar-refractivity contribution < 1.29 is 37.1 Å². The zero-order valence-corrected chi connectivity index (χ0v) is 19.7. The zero-order chi connectivity index (χ0) is 26.3. The molecule has 0 saturated carbocycles. The molecule has 8 nitrogen and oxygen atoms in total. The lowest BCUT2D eigenvalue weighted by Gasteiger charge is -2.41. The number of hydrogen-bond acceptors (Lipinski definition) is 6. The van der Waals surface area contributed by atoms with Gasteiger partial charge in [-0.3, -0.25) is 14.5 Å². The molecular weight excluding hydrogens is 482 g/mol. The van der Waals surface area contributed by atoms with Gasteiger partial charge in [-0.15, -0.1) is 0 Å². The molecule has 192 valence electrons. The molecule has 2 N–H and O–H groups in total. The van der Waals surface area contributed by atoms with Crippen molar-refractivity contribution >= 4 is 17.9 Å². The predicted octanol–water partition coefficient (Wildman–Crippen LogP) is 2.66. The van der Waals surface area contributed by atoms with E-state index in [-0.39, 0.29) is 30.5 Å². The summed E-state index contributed by atoms with van der Waals surface area (Å²) in [5.41, 5.74) is 0.306. The van der Waals surface area contributed by atoms with Crippen LogP contribution in [0.25, 0.3) is 0 Å². The minimum Gasteiger partial charge on any atom is -0.434 e. The standard InChI is InChI=1S/C24H25F4N5O3/c1-4-16(7-9-31-35-3)18-14-33(10-8-24(18,27)28)15(2)23(34)32-21-12-30-22(13-29-21)36-20-6-5-17(25)11-19(20)26/h4-7,9,11-13,15,18H,1,8,10,14H2,2-3H3,(H,29,32,34)/p+1/b16-7+,31-9+. The van der Waals surface area contributed by atoms with Gasteiger partial charge in [0.25, 0.3) is 5.92 Å². The number of benzene rings is 1. The summed E-state index contributed by atoms with van der Waals surface area (Å²) in [6.45, 7) is 5.19. The summed E-state index contributed by atoms with van der Waals surface area (Å²) in [5, 5.41) is 5.04. The number of alkyl halides is 2. The number of carbonyl (C=O) groups excluding carboxylic acids is 1. The Morgan fingerprint density at radius 1 is 1.33 bits per heavy atom. The van der Waals surface area contributed by atoms with E-state index in [0.717, 1.165) is 18.3 Å². The van der Waals surface area contributed by atoms with Crippen molar-refractivity contribution in [2.45, 2.75) is 25.3 Å². The summed E-state index contributed by atoms with van der Waals surface area (Å²) in [7, 11) is 1.39. The van der Waals surface area contributed by atoms with Crippen LogP contribution in [0.4, 0.5) is 23.4 Å². The van der Waals surface area contributed by atoms with Gasteiger partial charge in [0, 0.05) is 31.7 Å². The predicted molar refractivity (Wildman–Crippen MR) is 123 cm³/mol. The van der Waals surface area contributed by atoms with Crippen molar-refractivity contribution in [2.24, 2.45) is 5.92 Å². The highest BCUT2D eigenvalue weighted by atomic mass is 19.3. The lowest BCUT2D eigenvalue weighted by molar-refractivity contribution is -0.740. The number of halogens is 4. The number of amides is 1. The molecule has 0 spiro atoms. The van der Waals surface area contributed by atoms with Gasteiger partial charge in [0.05, 0.1) is 24.4 Å². The van der Waals surface area contributed by atoms with Crippen molar-refractivity contribution in [1.29, 1.82) is 0 Å². The molecule has 1 aliphatic heterocycles. The van der Waals surface area contributed by atoms with Crippen LogP contribution in [0.3, 0.4) is 0 Å². The Morgan fingerprint density at radius 2 is 2.11 bits per heavy atom. The Hall–Kier alpha value is -3.80. The van der Waals surface area contributed by atoms with Crippen LogP contribution in [0.5, 0.6) is 11.6 Å². The third-order valence-corrected chi connectivity index (χ3v) is 5.67. The zero-order valence-electron chi connectivity index (χ0n) is 19.7. The number of anilines is 1. The Morgan fingerprint density at radius 3 is 2.75 bits per heavy atom. The summed E-state index contributed by atoms with van der Waals surface area (Å²) >= 11 is 0. The molecule has 1 saturated heterocycles. The van der Waals surface area contributed by atoms with Crippen LogP contribution >= 0.6 is 0 Å². The van der Waals surface area contributed by atoms with Gasteiger partial charge in [-0.25, -0.2) is 27.5 Å². The fourth-order valence-electron chi connectivity index (χ4n) is 3.65. The van der Waals surface area contributed by atoms with Gasteiger partial charge in [-0.1, -0.05) is 12.7 Å². The Labute approximate surface area is 205 Å². The third kappa shape index (κ3) is 6.66. The molecule has 1 aromatic heterocycles. The first-order valence-corrected chi connectivity index (χ1v) is 11.0. The number of carbonyl (C=O) groups is 1. The molecule has 2 aromatic rings. The van der Waals surface area contributed by atoms with E-state index in [0.29, 0.717) is 11.6 Å². The number of hydrogen-bond donors (Lipinski definition) is 2. The molecule has 1 fully saturated rings. The quantitative estimate of drug-likeness (QED) is 0.234. The molecule has 2 heterocycles. The number of piperidine rings is 1. The molecule has 2 atom stereocenters. The molecule has 0 bridgehead atoms. The number of nitrogens with one attached hydrogen (secondary N) is 2. The molecular formula is C24H26F4N5O3+. The highest BCUT2D eigenvalue weighted by molar-refractivity contribution is 5.93. The van der Waals surface area contributed by atoms with E-state index in [1.807, 2.05) is 0 Å². The SMILES string of the molecule is C=C/C(=C\C=[NH+]\OC)C1CN(C(C)C(=O)Nc2cnc(Oc3ccc(F)cc3F)cn2)CCC1(F)F. The first-order chi connectivity index (χ1) is 17.1. The summed E-state index contributed by atoms with van der Waals surface area (Å²) in [6.07, 6.45) is 6.14. The summed E-state index contributed by atoms with van der Waals surface area (Å²) in [6, 6.07) is 2.06. The molecule has 1 aromatic carbocycles. The van der Waals surface area contributed by atoms with Gasteiger partial charge in [-0.05, 0) is 29.8 Å². The van der Waals surface area contributed by atoms with Crippen molar-refractivity contribution in [2.75, 3.05) is 25.5 Å². The van der Waals surface area contributed by atoms with Gasteiger partial charge in [0.15, 0.2) is 17.4 Å². The maximum Gasteiger partial charge on any atom is 0.257 e. The maximum absolute atomic E-state index is 14.7. The van der Waals surface area contributed by atoms with Crippen LogP contribution in [-0.2, 0) is 9.63 Å². The fourth-order valence-corrected chi connectivity index (χ4v) is 3.65. The highest BCUT2D eigenvalue weighted by Crippen LogP contribution is 2.38. The van der Waals surface area contributed by atoms with Crippen LogP contribution in [-0.4, -0.2) is 59.2 Å². The fraction of sp³-hybridized carbons (Fsp3) is 0.333. The third-order valence-electron chi connectivity index (χ3n) is 5.67. The Bertz CT molecular complexity index is 1140. The number of allylic oxidation sites excluding steroid dienone is 2. The summed E-state index contributed by atoms with van der Waals surface area (Å²) in [5.74, 6) is -6.49. The number of ether oxygens (including phenoxy) is 1. The van der Waals surface area contributed by atoms with E-state index in [1.165, 1.54) is 31.7 Å². The Balaban J connectivity index is 1.64. The second-order valence-corrected chi connectivity index (χ2v) is 8.00. The first-order valence-electron chi connectivity index (χ1n) is 11.0. The molecule has 1 amide bonds. The van der Waals surface area contributed by atoms with Crippen molar-refractivity contribution in [3.63, 3.8) is 0 Å². The maximum atomic E-state index is 14.7. The van der Waals surface area contributed by atoms with E-state index in [4.69, 9.17) is 4.74 Å². The summed E-state index contributed by atoms with van der Waals surface area (Å²) < 4.78 is 61.4. The second kappa shape index (κ2) is 11.8. The lowest BCUT2D eigenvalue weighted by Crippen LogP contribution is -2.66. The van der Waals surface area contributed by atoms with Gasteiger partial charge >= 0.3 is 0 Å². The molecule has 36 heavy (non-hydrogen) atoms. The first kappa shape index (κ1) is 26.8. The highest BCUT2D eigenvalue weighted by Gasteiger charge is 2.46. The van der Waals surface area contributed by atoms with E-state index < -0.39 is 41.8 Å². The summed E-state index contributed by atoms with van der Waals surface area (Å²) in [4.78, 5) is 27.1. The minimum atomic E-state index is -2.97. The number of aromatic nitrogens is 2. The average molecular weight is 508 g/mol. The lowest BCUT2D eigenvalue weighted by atomic mass is 9.85. The van der Waals surface area contributed by atoms with Crippen molar-refractivity contribution in [1.82, 2.24) is 14.9 Å². The van der Waals surface area contributed by atoms with Crippen molar-refractivity contribution in [3.05, 3.63) is 66.5 Å². The topological polar surface area (TPSA) is 90.6 Å². The Kier molecular flexibility index (Phi) is 8.75. The van der Waals surface area contributed by atoms with Gasteiger partial charge in [0.1, 0.15) is 12.9 Å². The smallest absolute Gasteiger partial charge is 0.257 e. The van der Waals surface area contributed by atoms with Crippen molar-refractivity contribution in [3.8, 4) is 11.6 Å². The largest absolute Gasteiger partial charge is 0.434 e. The molecule has 1 aliphatic rings. The average Bonchev–Trinajstić information content (AvgIpc) is 2.84. The van der Waals surface area contributed by atoms with Crippen LogP contribution in [0, 0.1) is 17.6 Å². The van der Waals surface area contributed by atoms with E-state index >= 15 is 0 Å². The number of rotatable bonds is 9. The monoisotopic (exact) mass is 508 g/mol.